The Hall–Kier alpha value is -1.55. The lowest BCUT2D eigenvalue weighted by molar-refractivity contribution is 0.592. The second-order valence-corrected chi connectivity index (χ2v) is 6.71. The van der Waals surface area contributed by atoms with Crippen LogP contribution in [0.15, 0.2) is 34.9 Å². The van der Waals surface area contributed by atoms with Gasteiger partial charge in [-0.15, -0.1) is 0 Å². The topological polar surface area (TPSA) is 50.9 Å². The molecule has 1 aromatic carbocycles. The Kier molecular flexibility index (Phi) is 4.04. The number of hydrogen-bond acceptors (Lipinski definition) is 3. The number of nitrogens with one attached hydrogen (secondary N) is 1. The largest absolute Gasteiger partial charge is 0.397 e. The minimum atomic E-state index is 0.0684. The van der Waals surface area contributed by atoms with Crippen molar-refractivity contribution < 1.29 is 0 Å². The molecular weight excluding hydrogens is 314 g/mol. The summed E-state index contributed by atoms with van der Waals surface area (Å²) in [5.41, 5.74) is 9.93. The highest BCUT2D eigenvalue weighted by molar-refractivity contribution is 9.10. The standard InChI is InChI=1S/C16H20BrN3/c1-10-12(18)9-19-15(14(10)17)20-13-8-6-5-7-11(13)16(2,3)4/h5-9H,18H2,1-4H3,(H,19,20). The summed E-state index contributed by atoms with van der Waals surface area (Å²) in [6.45, 7) is 8.57. The molecule has 0 aliphatic carbocycles. The predicted octanol–water partition coefficient (Wildman–Crippen LogP) is 4.78. The fourth-order valence-corrected chi connectivity index (χ4v) is 2.48. The molecule has 0 amide bonds. The van der Waals surface area contributed by atoms with Crippen LogP contribution in [-0.4, -0.2) is 4.98 Å². The lowest BCUT2D eigenvalue weighted by Crippen LogP contribution is -2.14. The van der Waals surface area contributed by atoms with Gasteiger partial charge in [0.1, 0.15) is 5.82 Å². The maximum Gasteiger partial charge on any atom is 0.145 e. The molecule has 3 nitrogen and oxygen atoms in total. The van der Waals surface area contributed by atoms with Crippen LogP contribution in [0.1, 0.15) is 31.9 Å². The quantitative estimate of drug-likeness (QED) is 0.831. The summed E-state index contributed by atoms with van der Waals surface area (Å²) in [5.74, 6) is 0.786. The van der Waals surface area contributed by atoms with Crippen LogP contribution in [0.25, 0.3) is 0 Å². The smallest absolute Gasteiger partial charge is 0.145 e. The SMILES string of the molecule is Cc1c(N)cnc(Nc2ccccc2C(C)(C)C)c1Br. The fourth-order valence-electron chi connectivity index (χ4n) is 2.05. The van der Waals surface area contributed by atoms with Crippen LogP contribution in [0.3, 0.4) is 0 Å². The van der Waals surface area contributed by atoms with Crippen molar-refractivity contribution in [1.82, 2.24) is 4.98 Å². The zero-order valence-corrected chi connectivity index (χ0v) is 13.9. The zero-order chi connectivity index (χ0) is 14.9. The van der Waals surface area contributed by atoms with Crippen LogP contribution in [-0.2, 0) is 5.41 Å². The normalized spacial score (nSPS) is 11.4. The Morgan fingerprint density at radius 1 is 1.20 bits per heavy atom. The van der Waals surface area contributed by atoms with Crippen molar-refractivity contribution >= 4 is 33.1 Å². The minimum Gasteiger partial charge on any atom is -0.397 e. The van der Waals surface area contributed by atoms with Crippen molar-refractivity contribution in [2.75, 3.05) is 11.1 Å². The number of aromatic nitrogens is 1. The molecule has 0 atom stereocenters. The Morgan fingerprint density at radius 2 is 1.85 bits per heavy atom. The molecule has 1 heterocycles. The molecule has 2 rings (SSSR count). The monoisotopic (exact) mass is 333 g/mol. The van der Waals surface area contributed by atoms with Gasteiger partial charge in [-0.05, 0) is 45.5 Å². The van der Waals surface area contributed by atoms with E-state index in [9.17, 15) is 0 Å². The first kappa shape index (κ1) is 14.9. The molecule has 3 N–H and O–H groups in total. The number of para-hydroxylation sites is 1. The van der Waals surface area contributed by atoms with E-state index in [4.69, 9.17) is 5.73 Å². The summed E-state index contributed by atoms with van der Waals surface area (Å²) >= 11 is 3.56. The molecule has 0 unspecified atom stereocenters. The van der Waals surface area contributed by atoms with Gasteiger partial charge < -0.3 is 11.1 Å². The van der Waals surface area contributed by atoms with Crippen molar-refractivity contribution in [2.45, 2.75) is 33.1 Å². The number of halogens is 1. The number of benzene rings is 1. The highest BCUT2D eigenvalue weighted by Crippen LogP contribution is 2.34. The van der Waals surface area contributed by atoms with Gasteiger partial charge in [-0.2, -0.15) is 0 Å². The van der Waals surface area contributed by atoms with Gasteiger partial charge >= 0.3 is 0 Å². The van der Waals surface area contributed by atoms with Crippen LogP contribution in [0.5, 0.6) is 0 Å². The fraction of sp³-hybridized carbons (Fsp3) is 0.312. The maximum absolute atomic E-state index is 5.86. The van der Waals surface area contributed by atoms with Gasteiger partial charge in [0.05, 0.1) is 16.4 Å². The van der Waals surface area contributed by atoms with Crippen LogP contribution in [0.4, 0.5) is 17.2 Å². The van der Waals surface area contributed by atoms with E-state index in [0.717, 1.165) is 21.5 Å². The summed E-state index contributed by atoms with van der Waals surface area (Å²) in [5, 5.41) is 3.40. The molecule has 0 aliphatic rings. The number of nitrogens with two attached hydrogens (primary N) is 1. The summed E-state index contributed by atoms with van der Waals surface area (Å²) < 4.78 is 0.904. The summed E-state index contributed by atoms with van der Waals surface area (Å²) in [6, 6.07) is 8.29. The summed E-state index contributed by atoms with van der Waals surface area (Å²) in [7, 11) is 0. The van der Waals surface area contributed by atoms with E-state index in [1.807, 2.05) is 13.0 Å². The molecule has 0 fully saturated rings. The molecule has 106 valence electrons. The molecule has 2 aromatic rings. The Labute approximate surface area is 128 Å². The van der Waals surface area contributed by atoms with Gasteiger partial charge in [0.25, 0.3) is 0 Å². The first-order valence-electron chi connectivity index (χ1n) is 6.58. The van der Waals surface area contributed by atoms with E-state index < -0.39 is 0 Å². The average molecular weight is 334 g/mol. The first-order valence-corrected chi connectivity index (χ1v) is 7.37. The van der Waals surface area contributed by atoms with E-state index in [0.29, 0.717) is 5.69 Å². The lowest BCUT2D eigenvalue weighted by atomic mass is 9.86. The molecule has 0 saturated heterocycles. The van der Waals surface area contributed by atoms with Gasteiger partial charge in [-0.1, -0.05) is 39.0 Å². The molecule has 4 heteroatoms. The van der Waals surface area contributed by atoms with Gasteiger partial charge in [0, 0.05) is 5.69 Å². The van der Waals surface area contributed by atoms with E-state index >= 15 is 0 Å². The number of nitrogens with zero attached hydrogens (tertiary/aromatic N) is 1. The summed E-state index contributed by atoms with van der Waals surface area (Å²) in [6.07, 6.45) is 1.68. The highest BCUT2D eigenvalue weighted by Gasteiger charge is 2.18. The Bertz CT molecular complexity index is 630. The van der Waals surface area contributed by atoms with Crippen molar-refractivity contribution in [3.05, 3.63) is 46.1 Å². The van der Waals surface area contributed by atoms with Gasteiger partial charge in [0.15, 0.2) is 0 Å². The van der Waals surface area contributed by atoms with Gasteiger partial charge in [0.2, 0.25) is 0 Å². The van der Waals surface area contributed by atoms with Gasteiger partial charge in [-0.25, -0.2) is 4.98 Å². The number of rotatable bonds is 2. The van der Waals surface area contributed by atoms with Crippen LogP contribution in [0, 0.1) is 6.92 Å². The van der Waals surface area contributed by atoms with Crippen molar-refractivity contribution in [3.8, 4) is 0 Å². The highest BCUT2D eigenvalue weighted by atomic mass is 79.9. The van der Waals surface area contributed by atoms with Crippen molar-refractivity contribution in [3.63, 3.8) is 0 Å². The van der Waals surface area contributed by atoms with Gasteiger partial charge in [-0.3, -0.25) is 0 Å². The zero-order valence-electron chi connectivity index (χ0n) is 12.3. The molecule has 20 heavy (non-hydrogen) atoms. The van der Waals surface area contributed by atoms with Crippen molar-refractivity contribution in [1.29, 1.82) is 0 Å². The third-order valence-electron chi connectivity index (χ3n) is 3.29. The molecule has 1 aromatic heterocycles. The molecule has 0 saturated carbocycles. The molecule has 0 aliphatic heterocycles. The van der Waals surface area contributed by atoms with E-state index in [-0.39, 0.29) is 5.41 Å². The van der Waals surface area contributed by atoms with Crippen molar-refractivity contribution in [2.24, 2.45) is 0 Å². The Balaban J connectivity index is 2.44. The van der Waals surface area contributed by atoms with E-state index in [1.165, 1.54) is 5.56 Å². The van der Waals surface area contributed by atoms with Crippen LogP contribution < -0.4 is 11.1 Å². The maximum atomic E-state index is 5.86. The van der Waals surface area contributed by atoms with E-state index in [1.54, 1.807) is 6.20 Å². The lowest BCUT2D eigenvalue weighted by Gasteiger charge is -2.23. The summed E-state index contributed by atoms with van der Waals surface area (Å²) in [4.78, 5) is 4.37. The number of nitrogen functional groups attached to an aromatic ring is 1. The first-order chi connectivity index (χ1) is 9.30. The Morgan fingerprint density at radius 3 is 2.50 bits per heavy atom. The second kappa shape index (κ2) is 5.44. The molecular formula is C16H20BrN3. The average Bonchev–Trinajstić information content (AvgIpc) is 2.39. The third kappa shape index (κ3) is 2.96. The molecule has 0 bridgehead atoms. The molecule has 0 radical (unpaired) electrons. The third-order valence-corrected chi connectivity index (χ3v) is 4.26. The van der Waals surface area contributed by atoms with Crippen LogP contribution in [0.2, 0.25) is 0 Å². The molecule has 0 spiro atoms. The number of pyridine rings is 1. The second-order valence-electron chi connectivity index (χ2n) is 5.92. The van der Waals surface area contributed by atoms with Crippen LogP contribution >= 0.6 is 15.9 Å². The van der Waals surface area contributed by atoms with E-state index in [2.05, 4.69) is 65.2 Å². The predicted molar refractivity (Wildman–Crippen MR) is 89.5 cm³/mol. The number of anilines is 3. The number of hydrogen-bond donors (Lipinski definition) is 2. The minimum absolute atomic E-state index is 0.0684.